The molecule has 2 N–H and O–H groups in total. The van der Waals surface area contributed by atoms with E-state index in [1.54, 1.807) is 7.11 Å². The van der Waals surface area contributed by atoms with Gasteiger partial charge in [0.1, 0.15) is 0 Å². The van der Waals surface area contributed by atoms with Crippen molar-refractivity contribution in [1.29, 1.82) is 0 Å². The van der Waals surface area contributed by atoms with Crippen molar-refractivity contribution in [3.05, 3.63) is 0 Å². The molecular formula is C14H29NO3. The Morgan fingerprint density at radius 3 is 2.50 bits per heavy atom. The van der Waals surface area contributed by atoms with Crippen molar-refractivity contribution >= 4 is 0 Å². The van der Waals surface area contributed by atoms with Crippen LogP contribution in [0.4, 0.5) is 0 Å². The first kappa shape index (κ1) is 15.9. The third-order valence-electron chi connectivity index (χ3n) is 3.77. The lowest BCUT2D eigenvalue weighted by atomic mass is 9.64. The average molecular weight is 259 g/mol. The Morgan fingerprint density at radius 1 is 1.33 bits per heavy atom. The lowest BCUT2D eigenvalue weighted by Gasteiger charge is -2.52. The molecule has 4 heteroatoms. The van der Waals surface area contributed by atoms with Crippen LogP contribution in [0, 0.1) is 11.3 Å². The maximum absolute atomic E-state index is 9.61. The SMILES string of the molecule is COCC(O)CNC1CC(OCC(C)C)C1(C)C. The fourth-order valence-electron chi connectivity index (χ4n) is 2.35. The first-order chi connectivity index (χ1) is 8.37. The summed E-state index contributed by atoms with van der Waals surface area (Å²) < 4.78 is 10.8. The van der Waals surface area contributed by atoms with E-state index in [-0.39, 0.29) is 5.41 Å². The summed E-state index contributed by atoms with van der Waals surface area (Å²) in [6, 6.07) is 0.418. The molecule has 1 fully saturated rings. The van der Waals surface area contributed by atoms with Gasteiger partial charge in [-0.25, -0.2) is 0 Å². The number of aliphatic hydroxyl groups is 1. The number of aliphatic hydroxyl groups excluding tert-OH is 1. The zero-order valence-corrected chi connectivity index (χ0v) is 12.4. The van der Waals surface area contributed by atoms with Crippen LogP contribution in [0.15, 0.2) is 0 Å². The number of hydrogen-bond donors (Lipinski definition) is 2. The summed E-state index contributed by atoms with van der Waals surface area (Å²) >= 11 is 0. The van der Waals surface area contributed by atoms with Gasteiger partial charge in [0.15, 0.2) is 0 Å². The number of methoxy groups -OCH3 is 1. The minimum atomic E-state index is -0.429. The van der Waals surface area contributed by atoms with E-state index in [0.29, 0.717) is 31.2 Å². The van der Waals surface area contributed by atoms with Gasteiger partial charge >= 0.3 is 0 Å². The summed E-state index contributed by atoms with van der Waals surface area (Å²) in [5, 5.41) is 13.0. The fourth-order valence-corrected chi connectivity index (χ4v) is 2.35. The van der Waals surface area contributed by atoms with Crippen molar-refractivity contribution in [1.82, 2.24) is 5.32 Å². The summed E-state index contributed by atoms with van der Waals surface area (Å²) in [4.78, 5) is 0. The predicted molar refractivity (Wildman–Crippen MR) is 72.6 cm³/mol. The van der Waals surface area contributed by atoms with Gasteiger partial charge in [-0.05, 0) is 12.3 Å². The molecule has 0 aromatic carbocycles. The van der Waals surface area contributed by atoms with Gasteiger partial charge < -0.3 is 19.9 Å². The van der Waals surface area contributed by atoms with Crippen LogP contribution in [0.2, 0.25) is 0 Å². The van der Waals surface area contributed by atoms with Gasteiger partial charge in [-0.3, -0.25) is 0 Å². The predicted octanol–water partition coefficient (Wildman–Crippen LogP) is 1.42. The number of ether oxygens (including phenoxy) is 2. The normalized spacial score (nSPS) is 28.2. The van der Waals surface area contributed by atoms with E-state index in [0.717, 1.165) is 13.0 Å². The van der Waals surface area contributed by atoms with Crippen molar-refractivity contribution in [2.45, 2.75) is 52.4 Å². The first-order valence-electron chi connectivity index (χ1n) is 6.90. The minimum absolute atomic E-state index is 0.141. The van der Waals surface area contributed by atoms with Crippen LogP contribution in [0.1, 0.15) is 34.1 Å². The van der Waals surface area contributed by atoms with Crippen LogP contribution in [0.5, 0.6) is 0 Å². The van der Waals surface area contributed by atoms with Crippen molar-refractivity contribution in [2.75, 3.05) is 26.9 Å². The second-order valence-corrected chi connectivity index (χ2v) is 6.34. The first-order valence-corrected chi connectivity index (χ1v) is 6.90. The molecule has 0 aliphatic heterocycles. The highest BCUT2D eigenvalue weighted by molar-refractivity contribution is 5.02. The van der Waals surface area contributed by atoms with Crippen molar-refractivity contribution in [2.24, 2.45) is 11.3 Å². The molecule has 1 saturated carbocycles. The van der Waals surface area contributed by atoms with Gasteiger partial charge in [0.05, 0.1) is 18.8 Å². The molecule has 1 aliphatic carbocycles. The molecule has 0 heterocycles. The number of rotatable bonds is 8. The highest BCUT2D eigenvalue weighted by atomic mass is 16.5. The Hall–Kier alpha value is -0.160. The molecule has 0 bridgehead atoms. The van der Waals surface area contributed by atoms with E-state index in [1.807, 2.05) is 0 Å². The van der Waals surface area contributed by atoms with Gasteiger partial charge in [-0.2, -0.15) is 0 Å². The summed E-state index contributed by atoms with van der Waals surface area (Å²) in [5.74, 6) is 0.580. The third-order valence-corrected chi connectivity index (χ3v) is 3.77. The largest absolute Gasteiger partial charge is 0.389 e. The Bertz CT molecular complexity index is 243. The highest BCUT2D eigenvalue weighted by Gasteiger charge is 2.48. The molecule has 0 aromatic rings. The lowest BCUT2D eigenvalue weighted by molar-refractivity contribution is -0.125. The topological polar surface area (TPSA) is 50.7 Å². The maximum atomic E-state index is 9.61. The van der Waals surface area contributed by atoms with Crippen LogP contribution >= 0.6 is 0 Å². The van der Waals surface area contributed by atoms with Crippen molar-refractivity contribution in [3.63, 3.8) is 0 Å². The second-order valence-electron chi connectivity index (χ2n) is 6.34. The van der Waals surface area contributed by atoms with Crippen LogP contribution in [-0.4, -0.2) is 50.2 Å². The Labute approximate surface area is 111 Å². The second kappa shape index (κ2) is 6.85. The molecule has 0 spiro atoms. The van der Waals surface area contributed by atoms with Crippen LogP contribution in [0.25, 0.3) is 0 Å². The molecule has 0 saturated heterocycles. The fraction of sp³-hybridized carbons (Fsp3) is 1.00. The monoisotopic (exact) mass is 259 g/mol. The zero-order chi connectivity index (χ0) is 13.8. The van der Waals surface area contributed by atoms with Gasteiger partial charge in [0.25, 0.3) is 0 Å². The smallest absolute Gasteiger partial charge is 0.0897 e. The van der Waals surface area contributed by atoms with E-state index < -0.39 is 6.10 Å². The van der Waals surface area contributed by atoms with Gasteiger partial charge in [0, 0.05) is 31.7 Å². The van der Waals surface area contributed by atoms with Crippen molar-refractivity contribution < 1.29 is 14.6 Å². The maximum Gasteiger partial charge on any atom is 0.0897 e. The molecule has 0 radical (unpaired) electrons. The van der Waals surface area contributed by atoms with Gasteiger partial charge in [-0.1, -0.05) is 27.7 Å². The van der Waals surface area contributed by atoms with E-state index >= 15 is 0 Å². The quantitative estimate of drug-likeness (QED) is 0.692. The summed E-state index contributed by atoms with van der Waals surface area (Å²) in [5.41, 5.74) is 0.141. The molecule has 4 nitrogen and oxygen atoms in total. The molecule has 108 valence electrons. The van der Waals surface area contributed by atoms with Crippen LogP contribution < -0.4 is 5.32 Å². The van der Waals surface area contributed by atoms with Crippen molar-refractivity contribution in [3.8, 4) is 0 Å². The minimum Gasteiger partial charge on any atom is -0.389 e. The molecule has 3 unspecified atom stereocenters. The van der Waals surface area contributed by atoms with E-state index in [1.165, 1.54) is 0 Å². The van der Waals surface area contributed by atoms with E-state index in [9.17, 15) is 5.11 Å². The molecular weight excluding hydrogens is 230 g/mol. The molecule has 18 heavy (non-hydrogen) atoms. The van der Waals surface area contributed by atoms with E-state index in [4.69, 9.17) is 9.47 Å². The summed E-state index contributed by atoms with van der Waals surface area (Å²) in [6.45, 7) is 10.6. The Balaban J connectivity index is 2.26. The lowest BCUT2D eigenvalue weighted by Crippen LogP contribution is -2.62. The van der Waals surface area contributed by atoms with Gasteiger partial charge in [0.2, 0.25) is 0 Å². The average Bonchev–Trinajstić information content (AvgIpc) is 2.26. The summed E-state index contributed by atoms with van der Waals surface area (Å²) in [6.07, 6.45) is 0.929. The van der Waals surface area contributed by atoms with Gasteiger partial charge in [-0.15, -0.1) is 0 Å². The molecule has 0 aromatic heterocycles. The highest BCUT2D eigenvalue weighted by Crippen LogP contribution is 2.42. The molecule has 3 atom stereocenters. The standard InChI is InChI=1S/C14H29NO3/c1-10(2)8-18-13-6-12(14(13,3)4)15-7-11(16)9-17-5/h10-13,15-16H,6-9H2,1-5H3. The summed E-state index contributed by atoms with van der Waals surface area (Å²) in [7, 11) is 1.60. The molecule has 0 amide bonds. The van der Waals surface area contributed by atoms with Crippen LogP contribution in [0.3, 0.4) is 0 Å². The Morgan fingerprint density at radius 2 is 2.00 bits per heavy atom. The van der Waals surface area contributed by atoms with E-state index in [2.05, 4.69) is 33.0 Å². The molecule has 1 rings (SSSR count). The zero-order valence-electron chi connectivity index (χ0n) is 12.4. The van der Waals surface area contributed by atoms with Crippen LogP contribution in [-0.2, 0) is 9.47 Å². The number of nitrogens with one attached hydrogen (secondary N) is 1. The number of hydrogen-bond acceptors (Lipinski definition) is 4. The third kappa shape index (κ3) is 4.19. The molecule has 1 aliphatic rings. The Kier molecular flexibility index (Phi) is 6.05.